The summed E-state index contributed by atoms with van der Waals surface area (Å²) in [4.78, 5) is 30.2. The molecule has 6 heteroatoms. The minimum absolute atomic E-state index is 0.0289. The standard InChI is InChI=1S/C31H37N3O3/c1-31(18-23-19-33-26-10-6-5-9-24(23)26,29(35)32-16-15-20-7-3-2-4-8-20)34-30(36)37-27-14-13-25-21-11-12-22(17-21)28(25)27/h2-10,19,21-22,25,27-28,33H,11-18H2,1H3,(H,32,35)(H,34,36)/t21-,22+,25-,27+,28+,31-/m0/s1. The number of alkyl carbamates (subject to hydrolysis) is 1. The van der Waals surface area contributed by atoms with Crippen LogP contribution in [0.4, 0.5) is 4.79 Å². The van der Waals surface area contributed by atoms with Gasteiger partial charge >= 0.3 is 6.09 Å². The summed E-state index contributed by atoms with van der Waals surface area (Å²) in [6, 6.07) is 18.1. The first-order valence-corrected chi connectivity index (χ1v) is 13.9. The van der Waals surface area contributed by atoms with Gasteiger partial charge in [-0.1, -0.05) is 48.5 Å². The number of para-hydroxylation sites is 1. The van der Waals surface area contributed by atoms with Crippen molar-refractivity contribution in [3.8, 4) is 0 Å². The zero-order valence-electron chi connectivity index (χ0n) is 21.5. The molecule has 37 heavy (non-hydrogen) atoms. The highest BCUT2D eigenvalue weighted by atomic mass is 16.6. The van der Waals surface area contributed by atoms with Crippen LogP contribution in [0.3, 0.4) is 0 Å². The Morgan fingerprint density at radius 1 is 1.00 bits per heavy atom. The molecule has 3 N–H and O–H groups in total. The maximum Gasteiger partial charge on any atom is 0.408 e. The zero-order valence-corrected chi connectivity index (χ0v) is 21.5. The van der Waals surface area contributed by atoms with E-state index in [9.17, 15) is 9.59 Å². The number of benzene rings is 2. The molecular formula is C31H37N3O3. The van der Waals surface area contributed by atoms with Gasteiger partial charge in [-0.3, -0.25) is 4.79 Å². The number of fused-ring (bicyclic) bond motifs is 6. The van der Waals surface area contributed by atoms with E-state index in [0.29, 0.717) is 24.8 Å². The average Bonchev–Trinajstić information content (AvgIpc) is 3.69. The van der Waals surface area contributed by atoms with Crippen LogP contribution in [-0.2, 0) is 22.4 Å². The number of hydrogen-bond donors (Lipinski definition) is 3. The number of hydrogen-bond acceptors (Lipinski definition) is 3. The first-order valence-electron chi connectivity index (χ1n) is 13.9. The third-order valence-electron chi connectivity index (χ3n) is 9.27. The summed E-state index contributed by atoms with van der Waals surface area (Å²) in [5, 5.41) is 7.14. The number of aromatic nitrogens is 1. The number of carbonyl (C=O) groups excluding carboxylic acids is 2. The SMILES string of the molecule is C[C@@](Cc1c[nH]c2ccccc12)(NC(=O)O[C@@H]1CC[C@H]2[C@H]3CC[C@H](C3)[C@H]21)C(=O)NCCc1ccccc1. The maximum atomic E-state index is 13.6. The highest BCUT2D eigenvalue weighted by Crippen LogP contribution is 2.59. The number of nitrogens with one attached hydrogen (secondary N) is 3. The maximum absolute atomic E-state index is 13.6. The monoisotopic (exact) mass is 499 g/mol. The molecule has 3 saturated carbocycles. The van der Waals surface area contributed by atoms with E-state index < -0.39 is 11.6 Å². The van der Waals surface area contributed by atoms with E-state index in [2.05, 4.69) is 27.8 Å². The van der Waals surface area contributed by atoms with Crippen molar-refractivity contribution in [2.45, 2.75) is 63.5 Å². The van der Waals surface area contributed by atoms with E-state index in [1.807, 2.05) is 55.6 Å². The van der Waals surface area contributed by atoms with Crippen LogP contribution in [0.5, 0.6) is 0 Å². The Balaban J connectivity index is 1.16. The van der Waals surface area contributed by atoms with Crippen molar-refractivity contribution in [1.29, 1.82) is 0 Å². The molecule has 3 aromatic rings. The van der Waals surface area contributed by atoms with Gasteiger partial charge in [0.2, 0.25) is 5.91 Å². The number of carbonyl (C=O) groups is 2. The number of H-pyrrole nitrogens is 1. The molecule has 6 atom stereocenters. The van der Waals surface area contributed by atoms with Gasteiger partial charge in [0.25, 0.3) is 0 Å². The van der Waals surface area contributed by atoms with E-state index >= 15 is 0 Å². The predicted molar refractivity (Wildman–Crippen MR) is 144 cm³/mol. The van der Waals surface area contributed by atoms with Crippen LogP contribution in [0.15, 0.2) is 60.8 Å². The molecule has 6 nitrogen and oxygen atoms in total. The lowest BCUT2D eigenvalue weighted by atomic mass is 9.81. The molecule has 0 aliphatic heterocycles. The smallest absolute Gasteiger partial charge is 0.408 e. The lowest BCUT2D eigenvalue weighted by Gasteiger charge is -2.32. The molecule has 1 aromatic heterocycles. The van der Waals surface area contributed by atoms with Gasteiger partial charge in [0, 0.05) is 36.0 Å². The van der Waals surface area contributed by atoms with Crippen molar-refractivity contribution >= 4 is 22.9 Å². The van der Waals surface area contributed by atoms with E-state index in [1.54, 1.807) is 0 Å². The number of aromatic amines is 1. The van der Waals surface area contributed by atoms with Crippen molar-refractivity contribution in [3.05, 3.63) is 71.9 Å². The molecule has 3 aliphatic carbocycles. The van der Waals surface area contributed by atoms with Crippen LogP contribution in [0, 0.1) is 23.7 Å². The highest BCUT2D eigenvalue weighted by molar-refractivity contribution is 5.91. The molecule has 2 amide bonds. The predicted octanol–water partition coefficient (Wildman–Crippen LogP) is 5.38. The quantitative estimate of drug-likeness (QED) is 0.389. The third kappa shape index (κ3) is 4.74. The van der Waals surface area contributed by atoms with Gasteiger partial charge < -0.3 is 20.4 Å². The second-order valence-corrected chi connectivity index (χ2v) is 11.6. The lowest BCUT2D eigenvalue weighted by Crippen LogP contribution is -2.59. The van der Waals surface area contributed by atoms with Gasteiger partial charge in [-0.15, -0.1) is 0 Å². The van der Waals surface area contributed by atoms with Crippen LogP contribution >= 0.6 is 0 Å². The second-order valence-electron chi connectivity index (χ2n) is 11.6. The summed E-state index contributed by atoms with van der Waals surface area (Å²) in [5.41, 5.74) is 2.02. The van der Waals surface area contributed by atoms with Crippen LogP contribution in [-0.4, -0.2) is 35.2 Å². The van der Waals surface area contributed by atoms with Gasteiger partial charge in [-0.2, -0.15) is 0 Å². The Bertz CT molecular complexity index is 1270. The fourth-order valence-corrected chi connectivity index (χ4v) is 7.54. The Hall–Kier alpha value is -3.28. The molecule has 0 spiro atoms. The van der Waals surface area contributed by atoms with Crippen LogP contribution in [0.2, 0.25) is 0 Å². The number of amides is 2. The largest absolute Gasteiger partial charge is 0.446 e. The normalized spacial score (nSPS) is 27.5. The molecule has 0 radical (unpaired) electrons. The Morgan fingerprint density at radius 2 is 1.78 bits per heavy atom. The van der Waals surface area contributed by atoms with E-state index in [1.165, 1.54) is 19.3 Å². The average molecular weight is 500 g/mol. The van der Waals surface area contributed by atoms with Crippen LogP contribution in [0.25, 0.3) is 10.9 Å². The third-order valence-corrected chi connectivity index (χ3v) is 9.27. The van der Waals surface area contributed by atoms with Gasteiger partial charge in [0.1, 0.15) is 11.6 Å². The Kier molecular flexibility index (Phi) is 6.43. The molecule has 3 aliphatic rings. The van der Waals surface area contributed by atoms with Gasteiger partial charge in [-0.05, 0) is 80.4 Å². The van der Waals surface area contributed by atoms with Gasteiger partial charge in [-0.25, -0.2) is 4.79 Å². The van der Waals surface area contributed by atoms with E-state index in [4.69, 9.17) is 4.74 Å². The number of ether oxygens (including phenoxy) is 1. The molecule has 1 heterocycles. The summed E-state index contributed by atoms with van der Waals surface area (Å²) in [5.74, 6) is 2.55. The topological polar surface area (TPSA) is 83.2 Å². The Labute approximate surface area is 218 Å². The molecular weight excluding hydrogens is 462 g/mol. The van der Waals surface area contributed by atoms with E-state index in [0.717, 1.165) is 53.1 Å². The van der Waals surface area contributed by atoms with Crippen molar-refractivity contribution in [2.75, 3.05) is 6.54 Å². The fraction of sp³-hybridized carbons (Fsp3) is 0.484. The highest BCUT2D eigenvalue weighted by Gasteiger charge is 2.54. The summed E-state index contributed by atoms with van der Waals surface area (Å²) in [6.07, 6.45) is 8.55. The first-order chi connectivity index (χ1) is 18.0. The summed E-state index contributed by atoms with van der Waals surface area (Å²) < 4.78 is 6.07. The molecule has 0 saturated heterocycles. The van der Waals surface area contributed by atoms with Crippen molar-refractivity contribution in [2.24, 2.45) is 23.7 Å². The van der Waals surface area contributed by atoms with Crippen molar-refractivity contribution in [1.82, 2.24) is 15.6 Å². The van der Waals surface area contributed by atoms with Gasteiger partial charge in [0.05, 0.1) is 0 Å². The lowest BCUT2D eigenvalue weighted by molar-refractivity contribution is -0.127. The zero-order chi connectivity index (χ0) is 25.4. The van der Waals surface area contributed by atoms with Crippen molar-refractivity contribution < 1.29 is 14.3 Å². The molecule has 194 valence electrons. The molecule has 2 bridgehead atoms. The summed E-state index contributed by atoms with van der Waals surface area (Å²) in [6.45, 7) is 2.31. The minimum Gasteiger partial charge on any atom is -0.446 e. The fourth-order valence-electron chi connectivity index (χ4n) is 7.54. The summed E-state index contributed by atoms with van der Waals surface area (Å²) in [7, 11) is 0. The minimum atomic E-state index is -1.15. The molecule has 6 rings (SSSR count). The van der Waals surface area contributed by atoms with Crippen LogP contribution < -0.4 is 10.6 Å². The molecule has 0 unspecified atom stereocenters. The second kappa shape index (κ2) is 9.88. The molecule has 3 fully saturated rings. The first kappa shape index (κ1) is 24.1. The van der Waals surface area contributed by atoms with Gasteiger partial charge in [0.15, 0.2) is 0 Å². The van der Waals surface area contributed by atoms with Crippen molar-refractivity contribution in [3.63, 3.8) is 0 Å². The Morgan fingerprint density at radius 3 is 2.65 bits per heavy atom. The molecule has 2 aromatic carbocycles. The summed E-state index contributed by atoms with van der Waals surface area (Å²) >= 11 is 0. The van der Waals surface area contributed by atoms with Crippen LogP contribution in [0.1, 0.15) is 50.2 Å². The number of rotatable bonds is 8. The van der Waals surface area contributed by atoms with E-state index in [-0.39, 0.29) is 12.0 Å².